The molecule has 7 heteroatoms. The topological polar surface area (TPSA) is 41.6 Å². The molecule has 0 unspecified atom stereocenters. The number of benzene rings is 1. The second-order valence-corrected chi connectivity index (χ2v) is 5.13. The molecule has 1 aromatic rings. The number of halogens is 3. The molecule has 19 heavy (non-hydrogen) atoms. The van der Waals surface area contributed by atoms with Crippen LogP contribution in [-0.2, 0) is 4.79 Å². The van der Waals surface area contributed by atoms with E-state index in [0.717, 1.165) is 6.54 Å². The molecule has 0 aliphatic carbocycles. The average Bonchev–Trinajstić information content (AvgIpc) is 2.38. The molecule has 4 nitrogen and oxygen atoms in total. The maximum absolute atomic E-state index is 11.8. The van der Waals surface area contributed by atoms with E-state index in [0.29, 0.717) is 27.4 Å². The van der Waals surface area contributed by atoms with Crippen molar-refractivity contribution in [3.8, 4) is 5.75 Å². The molecular weight excluding hydrogens is 311 g/mol. The summed E-state index contributed by atoms with van der Waals surface area (Å²) in [4.78, 5) is 13.3. The van der Waals surface area contributed by atoms with Crippen LogP contribution in [0.4, 0.5) is 0 Å². The molecule has 0 atom stereocenters. The van der Waals surface area contributed by atoms with Crippen LogP contribution >= 0.6 is 34.8 Å². The first-order chi connectivity index (χ1) is 8.95. The molecule has 1 N–H and O–H groups in total. The molecule has 1 amide bonds. The minimum atomic E-state index is -0.141. The van der Waals surface area contributed by atoms with Gasteiger partial charge in [0.1, 0.15) is 5.75 Å². The minimum absolute atomic E-state index is 0.0993. The number of hydrogen-bond donors (Lipinski definition) is 1. The van der Waals surface area contributed by atoms with E-state index in [1.165, 1.54) is 12.1 Å². The van der Waals surface area contributed by atoms with Gasteiger partial charge in [0.15, 0.2) is 6.61 Å². The first kappa shape index (κ1) is 16.4. The Kier molecular flexibility index (Phi) is 6.72. The van der Waals surface area contributed by atoms with Gasteiger partial charge >= 0.3 is 0 Å². The Morgan fingerprint density at radius 3 is 2.53 bits per heavy atom. The third-order valence-electron chi connectivity index (χ3n) is 2.45. The van der Waals surface area contributed by atoms with Crippen molar-refractivity contribution in [2.45, 2.75) is 0 Å². The van der Waals surface area contributed by atoms with E-state index in [1.54, 1.807) is 11.9 Å². The Morgan fingerprint density at radius 2 is 1.89 bits per heavy atom. The van der Waals surface area contributed by atoms with Crippen LogP contribution in [0.2, 0.25) is 15.1 Å². The van der Waals surface area contributed by atoms with E-state index in [-0.39, 0.29) is 12.5 Å². The van der Waals surface area contributed by atoms with Gasteiger partial charge in [-0.25, -0.2) is 0 Å². The second-order valence-electron chi connectivity index (χ2n) is 3.90. The van der Waals surface area contributed by atoms with E-state index in [4.69, 9.17) is 39.5 Å². The molecule has 0 saturated carbocycles. The number of likely N-dealkylation sites (N-methyl/N-ethyl adjacent to an activating group) is 2. The SMILES string of the molecule is CNCCN(C)C(=O)COc1cc(Cl)c(Cl)cc1Cl. The van der Waals surface area contributed by atoms with E-state index in [2.05, 4.69) is 5.32 Å². The highest BCUT2D eigenvalue weighted by Gasteiger charge is 2.12. The van der Waals surface area contributed by atoms with Crippen LogP contribution in [0.15, 0.2) is 12.1 Å². The molecule has 0 radical (unpaired) electrons. The fourth-order valence-electron chi connectivity index (χ4n) is 1.27. The molecule has 1 aromatic carbocycles. The zero-order chi connectivity index (χ0) is 14.4. The van der Waals surface area contributed by atoms with Crippen LogP contribution in [0.5, 0.6) is 5.75 Å². The fourth-order valence-corrected chi connectivity index (χ4v) is 1.86. The van der Waals surface area contributed by atoms with Crippen LogP contribution in [0.3, 0.4) is 0 Å². The molecular formula is C12H15Cl3N2O2. The summed E-state index contributed by atoms with van der Waals surface area (Å²) in [6.45, 7) is 1.22. The third-order valence-corrected chi connectivity index (χ3v) is 3.47. The molecule has 106 valence electrons. The zero-order valence-corrected chi connectivity index (χ0v) is 12.9. The number of nitrogens with zero attached hydrogens (tertiary/aromatic N) is 1. The van der Waals surface area contributed by atoms with Crippen molar-refractivity contribution in [2.75, 3.05) is 33.8 Å². The number of carbonyl (C=O) groups excluding carboxylic acids is 1. The standard InChI is InChI=1S/C12H15Cl3N2O2/c1-16-3-4-17(2)12(18)7-19-11-6-9(14)8(13)5-10(11)15/h5-6,16H,3-4,7H2,1-2H3. The van der Waals surface area contributed by atoms with Gasteiger partial charge in [-0.15, -0.1) is 0 Å². The summed E-state index contributed by atoms with van der Waals surface area (Å²) in [5, 5.41) is 3.96. The van der Waals surface area contributed by atoms with Crippen molar-refractivity contribution < 1.29 is 9.53 Å². The molecule has 0 spiro atoms. The van der Waals surface area contributed by atoms with Gasteiger partial charge in [0.05, 0.1) is 15.1 Å². The normalized spacial score (nSPS) is 10.4. The Balaban J connectivity index is 2.57. The summed E-state index contributed by atoms with van der Waals surface area (Å²) in [5.74, 6) is 0.198. The Labute approximate surface area is 127 Å². The van der Waals surface area contributed by atoms with Crippen molar-refractivity contribution in [3.05, 3.63) is 27.2 Å². The molecule has 0 aliphatic rings. The lowest BCUT2D eigenvalue weighted by Crippen LogP contribution is -2.35. The highest BCUT2D eigenvalue weighted by atomic mass is 35.5. The largest absolute Gasteiger partial charge is 0.482 e. The maximum Gasteiger partial charge on any atom is 0.260 e. The molecule has 0 saturated heterocycles. The lowest BCUT2D eigenvalue weighted by molar-refractivity contribution is -0.131. The summed E-state index contributed by atoms with van der Waals surface area (Å²) >= 11 is 17.6. The summed E-state index contributed by atoms with van der Waals surface area (Å²) in [7, 11) is 3.53. The maximum atomic E-state index is 11.8. The number of rotatable bonds is 6. The molecule has 0 fully saturated rings. The van der Waals surface area contributed by atoms with Crippen LogP contribution in [0.1, 0.15) is 0 Å². The van der Waals surface area contributed by atoms with Crippen LogP contribution in [0.25, 0.3) is 0 Å². The molecule has 0 aromatic heterocycles. The van der Waals surface area contributed by atoms with Crippen molar-refractivity contribution in [1.29, 1.82) is 0 Å². The highest BCUT2D eigenvalue weighted by Crippen LogP contribution is 2.33. The Hall–Kier alpha value is -0.680. The third kappa shape index (κ3) is 5.07. The number of carbonyl (C=O) groups is 1. The fraction of sp³-hybridized carbons (Fsp3) is 0.417. The van der Waals surface area contributed by atoms with Gasteiger partial charge in [0, 0.05) is 26.2 Å². The summed E-state index contributed by atoms with van der Waals surface area (Å²) in [6, 6.07) is 2.98. The monoisotopic (exact) mass is 324 g/mol. The molecule has 0 aliphatic heterocycles. The van der Waals surface area contributed by atoms with Gasteiger partial charge in [-0.2, -0.15) is 0 Å². The summed E-state index contributed by atoms with van der Waals surface area (Å²) < 4.78 is 5.35. The minimum Gasteiger partial charge on any atom is -0.482 e. The first-order valence-electron chi connectivity index (χ1n) is 5.61. The molecule has 1 rings (SSSR count). The number of ether oxygens (including phenoxy) is 1. The number of nitrogens with one attached hydrogen (secondary N) is 1. The van der Waals surface area contributed by atoms with Crippen molar-refractivity contribution in [2.24, 2.45) is 0 Å². The zero-order valence-electron chi connectivity index (χ0n) is 10.7. The van der Waals surface area contributed by atoms with Gasteiger partial charge in [-0.3, -0.25) is 4.79 Å². The smallest absolute Gasteiger partial charge is 0.260 e. The lowest BCUT2D eigenvalue weighted by Gasteiger charge is -2.17. The van der Waals surface area contributed by atoms with Gasteiger partial charge in [0.25, 0.3) is 5.91 Å². The predicted molar refractivity (Wildman–Crippen MR) is 78.5 cm³/mol. The second kappa shape index (κ2) is 7.80. The van der Waals surface area contributed by atoms with E-state index in [1.807, 2.05) is 7.05 Å². The van der Waals surface area contributed by atoms with Gasteiger partial charge < -0.3 is 15.0 Å². The van der Waals surface area contributed by atoms with Gasteiger partial charge in [-0.1, -0.05) is 34.8 Å². The summed E-state index contributed by atoms with van der Waals surface area (Å²) in [6.07, 6.45) is 0. The van der Waals surface area contributed by atoms with E-state index >= 15 is 0 Å². The Morgan fingerprint density at radius 1 is 1.26 bits per heavy atom. The predicted octanol–water partition coefficient (Wildman–Crippen LogP) is 2.70. The molecule has 0 bridgehead atoms. The van der Waals surface area contributed by atoms with Crippen molar-refractivity contribution >= 4 is 40.7 Å². The van der Waals surface area contributed by atoms with E-state index in [9.17, 15) is 4.79 Å². The molecule has 0 heterocycles. The van der Waals surface area contributed by atoms with E-state index < -0.39 is 0 Å². The number of hydrogen-bond acceptors (Lipinski definition) is 3. The van der Waals surface area contributed by atoms with Crippen molar-refractivity contribution in [1.82, 2.24) is 10.2 Å². The van der Waals surface area contributed by atoms with Gasteiger partial charge in [0.2, 0.25) is 0 Å². The van der Waals surface area contributed by atoms with Gasteiger partial charge in [-0.05, 0) is 13.1 Å². The quantitative estimate of drug-likeness (QED) is 0.818. The van der Waals surface area contributed by atoms with Crippen LogP contribution in [0, 0.1) is 0 Å². The lowest BCUT2D eigenvalue weighted by atomic mass is 10.3. The first-order valence-corrected chi connectivity index (χ1v) is 6.75. The van der Waals surface area contributed by atoms with Crippen molar-refractivity contribution in [3.63, 3.8) is 0 Å². The average molecular weight is 326 g/mol. The number of amides is 1. The Bertz CT molecular complexity index is 455. The summed E-state index contributed by atoms with van der Waals surface area (Å²) in [5.41, 5.74) is 0. The van der Waals surface area contributed by atoms with Crippen LogP contribution < -0.4 is 10.1 Å². The highest BCUT2D eigenvalue weighted by molar-refractivity contribution is 6.43. The van der Waals surface area contributed by atoms with Crippen LogP contribution in [-0.4, -0.2) is 44.6 Å².